The van der Waals surface area contributed by atoms with Gasteiger partial charge >= 0.3 is 0 Å². The van der Waals surface area contributed by atoms with Crippen molar-refractivity contribution in [3.8, 4) is 5.75 Å². The monoisotopic (exact) mass is 506 g/mol. The van der Waals surface area contributed by atoms with E-state index in [9.17, 15) is 13.2 Å². The van der Waals surface area contributed by atoms with Crippen molar-refractivity contribution in [1.29, 1.82) is 0 Å². The lowest BCUT2D eigenvalue weighted by atomic mass is 9.89. The number of nitrogens with zero attached hydrogens (tertiary/aromatic N) is 1. The third-order valence-corrected chi connectivity index (χ3v) is 7.63. The minimum absolute atomic E-state index is 0.165. The largest absolute Gasteiger partial charge is 0.487 e. The van der Waals surface area contributed by atoms with Crippen LogP contribution in [-0.4, -0.2) is 26.2 Å². The third-order valence-electron chi connectivity index (χ3n) is 6.51. The molecule has 1 unspecified atom stereocenters. The van der Waals surface area contributed by atoms with Gasteiger partial charge in [-0.05, 0) is 81.1 Å². The smallest absolute Gasteiger partial charge is 0.251 e. The number of rotatable bonds is 6. The van der Waals surface area contributed by atoms with Gasteiger partial charge in [-0.25, -0.2) is 8.42 Å². The van der Waals surface area contributed by atoms with Crippen LogP contribution in [0.1, 0.15) is 64.5 Å². The number of hydrogen-bond donors (Lipinski definition) is 1. The van der Waals surface area contributed by atoms with Gasteiger partial charge in [0.05, 0.1) is 24.5 Å². The molecule has 4 rings (SSSR count). The molecule has 1 N–H and O–H groups in total. The zero-order valence-corrected chi connectivity index (χ0v) is 22.6. The number of hydrogen-bond acceptors (Lipinski definition) is 4. The number of benzene rings is 3. The number of anilines is 1. The van der Waals surface area contributed by atoms with Gasteiger partial charge in [-0.3, -0.25) is 9.10 Å². The number of aryl methyl sites for hydroxylation is 3. The number of carbonyl (C=O) groups is 1. The summed E-state index contributed by atoms with van der Waals surface area (Å²) < 4.78 is 32.8. The number of nitrogens with one attached hydrogen (secondary N) is 1. The predicted molar refractivity (Wildman–Crippen MR) is 144 cm³/mol. The van der Waals surface area contributed by atoms with E-state index in [4.69, 9.17) is 4.74 Å². The summed E-state index contributed by atoms with van der Waals surface area (Å²) in [5.74, 6) is 0.629. The molecule has 0 saturated carbocycles. The molecule has 1 amide bonds. The Morgan fingerprint density at radius 2 is 1.64 bits per heavy atom. The summed E-state index contributed by atoms with van der Waals surface area (Å²) in [5.41, 5.74) is 5.54. The number of carbonyl (C=O) groups excluding carboxylic acids is 1. The average molecular weight is 507 g/mol. The first-order chi connectivity index (χ1) is 16.8. The summed E-state index contributed by atoms with van der Waals surface area (Å²) in [6.45, 7) is 10.1. The van der Waals surface area contributed by atoms with Gasteiger partial charge in [0.1, 0.15) is 11.4 Å². The molecule has 36 heavy (non-hydrogen) atoms. The van der Waals surface area contributed by atoms with Gasteiger partial charge in [0.2, 0.25) is 10.0 Å². The molecular weight excluding hydrogens is 472 g/mol. The molecule has 0 spiro atoms. The van der Waals surface area contributed by atoms with E-state index in [0.29, 0.717) is 17.7 Å². The Bertz CT molecular complexity index is 1400. The van der Waals surface area contributed by atoms with Crippen molar-refractivity contribution in [2.24, 2.45) is 0 Å². The highest BCUT2D eigenvalue weighted by Crippen LogP contribution is 2.40. The Kier molecular flexibility index (Phi) is 6.88. The van der Waals surface area contributed by atoms with Gasteiger partial charge < -0.3 is 10.1 Å². The van der Waals surface area contributed by atoms with E-state index in [1.165, 1.54) is 10.6 Å². The maximum atomic E-state index is 13.1. The van der Waals surface area contributed by atoms with Crippen molar-refractivity contribution in [1.82, 2.24) is 5.32 Å². The fourth-order valence-corrected chi connectivity index (χ4v) is 5.56. The molecule has 1 heterocycles. The summed E-state index contributed by atoms with van der Waals surface area (Å²) in [6, 6.07) is 18.8. The van der Waals surface area contributed by atoms with Crippen molar-refractivity contribution in [3.05, 3.63) is 94.0 Å². The highest BCUT2D eigenvalue weighted by molar-refractivity contribution is 7.92. The Balaban J connectivity index is 1.53. The van der Waals surface area contributed by atoms with Crippen molar-refractivity contribution < 1.29 is 17.9 Å². The molecule has 1 aliphatic heterocycles. The summed E-state index contributed by atoms with van der Waals surface area (Å²) >= 11 is 0. The molecule has 0 aromatic heterocycles. The second kappa shape index (κ2) is 9.62. The first-order valence-corrected chi connectivity index (χ1v) is 13.9. The van der Waals surface area contributed by atoms with Gasteiger partial charge in [0.15, 0.2) is 0 Å². The highest BCUT2D eigenvalue weighted by Gasteiger charge is 2.34. The summed E-state index contributed by atoms with van der Waals surface area (Å²) in [4.78, 5) is 13.1. The standard InChI is InChI=1S/C29H34N2O4S/c1-19-7-9-21(3)26(15-19)31(36(6,33)34)18-22-10-12-23(13-11-22)28(32)30-25-17-29(4,5)35-27-16-20(2)8-14-24(25)27/h7-16,25H,17-18H2,1-6H3,(H,30,32). The molecule has 190 valence electrons. The van der Waals surface area contributed by atoms with E-state index < -0.39 is 15.6 Å². The SMILES string of the molecule is Cc1ccc2c(c1)OC(C)(C)CC2NC(=O)c1ccc(CN(c2cc(C)ccc2C)S(C)(=O)=O)cc1. The predicted octanol–water partition coefficient (Wildman–Crippen LogP) is 5.61. The zero-order valence-electron chi connectivity index (χ0n) is 21.8. The van der Waals surface area contributed by atoms with E-state index in [-0.39, 0.29) is 18.5 Å². The average Bonchev–Trinajstić information content (AvgIpc) is 2.77. The molecule has 0 bridgehead atoms. The van der Waals surface area contributed by atoms with E-state index >= 15 is 0 Å². The Labute approximate surface area is 214 Å². The summed E-state index contributed by atoms with van der Waals surface area (Å²) in [6.07, 6.45) is 1.87. The lowest BCUT2D eigenvalue weighted by Gasteiger charge is -2.38. The fourth-order valence-electron chi connectivity index (χ4n) is 4.63. The van der Waals surface area contributed by atoms with Crippen LogP contribution < -0.4 is 14.4 Å². The van der Waals surface area contributed by atoms with E-state index in [2.05, 4.69) is 5.32 Å². The first kappa shape index (κ1) is 25.8. The molecule has 0 radical (unpaired) electrons. The van der Waals surface area contributed by atoms with Gasteiger partial charge in [-0.15, -0.1) is 0 Å². The second-order valence-electron chi connectivity index (χ2n) is 10.4. The molecule has 3 aromatic carbocycles. The van der Waals surface area contributed by atoms with Gasteiger partial charge in [-0.1, -0.05) is 36.4 Å². The molecule has 1 aliphatic rings. The highest BCUT2D eigenvalue weighted by atomic mass is 32.2. The molecule has 0 fully saturated rings. The third kappa shape index (κ3) is 5.73. The summed E-state index contributed by atoms with van der Waals surface area (Å²) in [7, 11) is -3.50. The van der Waals surface area contributed by atoms with Crippen LogP contribution in [0.2, 0.25) is 0 Å². The van der Waals surface area contributed by atoms with Crippen LogP contribution in [0.25, 0.3) is 0 Å². The second-order valence-corrected chi connectivity index (χ2v) is 12.3. The Morgan fingerprint density at radius 1 is 1.00 bits per heavy atom. The van der Waals surface area contributed by atoms with E-state index in [0.717, 1.165) is 33.6 Å². The minimum Gasteiger partial charge on any atom is -0.487 e. The minimum atomic E-state index is -3.50. The molecule has 1 atom stereocenters. The van der Waals surface area contributed by atoms with Crippen LogP contribution in [0.3, 0.4) is 0 Å². The van der Waals surface area contributed by atoms with Crippen molar-refractivity contribution >= 4 is 21.6 Å². The lowest BCUT2D eigenvalue weighted by Crippen LogP contribution is -2.41. The molecule has 6 nitrogen and oxygen atoms in total. The van der Waals surface area contributed by atoms with E-state index in [1.54, 1.807) is 12.1 Å². The maximum absolute atomic E-state index is 13.1. The Hall–Kier alpha value is -3.32. The van der Waals surface area contributed by atoms with Gasteiger partial charge in [-0.2, -0.15) is 0 Å². The van der Waals surface area contributed by atoms with Crippen LogP contribution >= 0.6 is 0 Å². The number of ether oxygens (including phenoxy) is 1. The van der Waals surface area contributed by atoms with Crippen LogP contribution in [0, 0.1) is 20.8 Å². The fraction of sp³-hybridized carbons (Fsp3) is 0.345. The van der Waals surface area contributed by atoms with Crippen LogP contribution in [-0.2, 0) is 16.6 Å². The normalized spacial score (nSPS) is 16.6. The van der Waals surface area contributed by atoms with Gasteiger partial charge in [0, 0.05) is 17.5 Å². The maximum Gasteiger partial charge on any atom is 0.251 e. The van der Waals surface area contributed by atoms with Crippen LogP contribution in [0.15, 0.2) is 60.7 Å². The number of amides is 1. The molecular formula is C29H34N2O4S. The quantitative estimate of drug-likeness (QED) is 0.472. The lowest BCUT2D eigenvalue weighted by molar-refractivity contribution is 0.0619. The molecule has 0 aliphatic carbocycles. The first-order valence-electron chi connectivity index (χ1n) is 12.1. The van der Waals surface area contributed by atoms with E-state index in [1.807, 2.05) is 83.1 Å². The van der Waals surface area contributed by atoms with Crippen molar-refractivity contribution in [2.45, 2.75) is 59.2 Å². The van der Waals surface area contributed by atoms with Crippen LogP contribution in [0.4, 0.5) is 5.69 Å². The Morgan fingerprint density at radius 3 is 2.31 bits per heavy atom. The molecule has 0 saturated heterocycles. The zero-order chi connectivity index (χ0) is 26.3. The van der Waals surface area contributed by atoms with Gasteiger partial charge in [0.25, 0.3) is 5.91 Å². The molecule has 7 heteroatoms. The van der Waals surface area contributed by atoms with Crippen LogP contribution in [0.5, 0.6) is 5.75 Å². The number of sulfonamides is 1. The molecule has 3 aromatic rings. The van der Waals surface area contributed by atoms with Crippen molar-refractivity contribution in [2.75, 3.05) is 10.6 Å². The summed E-state index contributed by atoms with van der Waals surface area (Å²) in [5, 5.41) is 3.17. The topological polar surface area (TPSA) is 75.7 Å². The number of fused-ring (bicyclic) bond motifs is 1. The van der Waals surface area contributed by atoms with Crippen molar-refractivity contribution in [3.63, 3.8) is 0 Å².